The quantitative estimate of drug-likeness (QED) is 0.0864. The van der Waals surface area contributed by atoms with E-state index >= 15 is 0 Å². The molecule has 0 saturated carbocycles. The van der Waals surface area contributed by atoms with Crippen molar-refractivity contribution in [2.45, 2.75) is 50.4 Å². The zero-order valence-corrected chi connectivity index (χ0v) is 22.5. The van der Waals surface area contributed by atoms with Gasteiger partial charge in [0.1, 0.15) is 24.7 Å². The molecular weight excluding hydrogens is 605 g/mol. The number of aldehydes is 1. The first-order valence-corrected chi connectivity index (χ1v) is 14.8. The van der Waals surface area contributed by atoms with Crippen LogP contribution in [0.3, 0.4) is 0 Å². The molecule has 1 saturated heterocycles. The van der Waals surface area contributed by atoms with E-state index in [1.54, 1.807) is 6.92 Å². The summed E-state index contributed by atoms with van der Waals surface area (Å²) in [6.07, 6.45) is -2.56. The summed E-state index contributed by atoms with van der Waals surface area (Å²) in [5.41, 5.74) is -0.643. The molecule has 1 aromatic rings. The van der Waals surface area contributed by atoms with E-state index in [2.05, 4.69) is 13.6 Å². The fourth-order valence-corrected chi connectivity index (χ4v) is 5.05. The summed E-state index contributed by atoms with van der Waals surface area (Å²) in [5.74, 6) is 0. The maximum absolute atomic E-state index is 11.6. The van der Waals surface area contributed by atoms with Crippen molar-refractivity contribution in [2.24, 2.45) is 0 Å². The minimum atomic E-state index is -5.46. The van der Waals surface area contributed by atoms with Crippen LogP contribution in [0, 0.1) is 6.92 Å². The minimum Gasteiger partial charge on any atom is -0.394 e. The first kappa shape index (κ1) is 37.5. The van der Waals surface area contributed by atoms with Crippen LogP contribution in [-0.4, -0.2) is 103 Å². The largest absolute Gasteiger partial charge is 0.490 e. The minimum absolute atomic E-state index is 0.137. The Labute approximate surface area is 218 Å². The standard InChI is InChI=1S/C10H14N2O5.C5H10O4.H5O10P3/c1-5-3-12(10(16)11-9(5)15)8-2-6(14)7(4-13)17-8;6-2-1-4(8)5(9)3-7;1-11(2,3)9-13(7,8)10-12(4,5)6/h3,6-8,13-14H,2,4H2,1H3,(H,11,15,16);2,4-5,7-9H,1,3H2;(H,7,8)(H2,1,2,3)(H2,4,5,6)/t6-,7+,8+;;/m0../s1. The second kappa shape index (κ2) is 16.1. The number of aliphatic hydroxyl groups is 5. The van der Waals surface area contributed by atoms with Gasteiger partial charge >= 0.3 is 29.2 Å². The number of aromatic nitrogens is 2. The van der Waals surface area contributed by atoms with Gasteiger partial charge in [-0.2, -0.15) is 8.62 Å². The highest BCUT2D eigenvalue weighted by molar-refractivity contribution is 7.66. The van der Waals surface area contributed by atoms with Crippen molar-refractivity contribution in [3.05, 3.63) is 32.6 Å². The van der Waals surface area contributed by atoms with E-state index in [0.29, 0.717) is 11.8 Å². The lowest BCUT2D eigenvalue weighted by Gasteiger charge is -2.14. The summed E-state index contributed by atoms with van der Waals surface area (Å²) in [7, 11) is -16.2. The van der Waals surface area contributed by atoms with Gasteiger partial charge in [-0.3, -0.25) is 14.3 Å². The Hall–Kier alpha value is -1.48. The van der Waals surface area contributed by atoms with Crippen LogP contribution >= 0.6 is 23.5 Å². The zero-order valence-electron chi connectivity index (χ0n) is 19.8. The average Bonchev–Trinajstić information content (AvgIpc) is 3.13. The number of nitrogens with one attached hydrogen (secondary N) is 1. The molecule has 0 bridgehead atoms. The van der Waals surface area contributed by atoms with E-state index in [9.17, 15) is 33.2 Å². The molecule has 2 heterocycles. The number of nitrogens with zero attached hydrogens (tertiary/aromatic N) is 1. The summed E-state index contributed by atoms with van der Waals surface area (Å²) in [6.45, 7) is 0.743. The molecule has 21 nitrogen and oxygen atoms in total. The number of H-pyrrole nitrogens is 1. The molecule has 2 unspecified atom stereocenters. The molecule has 2 rings (SSSR count). The van der Waals surface area contributed by atoms with Gasteiger partial charge in [-0.25, -0.2) is 18.5 Å². The molecule has 5 atom stereocenters. The van der Waals surface area contributed by atoms with Crippen molar-refractivity contribution in [2.75, 3.05) is 13.2 Å². The first-order chi connectivity index (χ1) is 17.7. The number of carbonyl (C=O) groups excluding carboxylic acids is 1. The number of ether oxygens (including phenoxy) is 1. The highest BCUT2D eigenvalue weighted by Crippen LogP contribution is 2.64. The van der Waals surface area contributed by atoms with Crippen LogP contribution < -0.4 is 11.2 Å². The summed E-state index contributed by atoms with van der Waals surface area (Å²) >= 11 is 0. The third kappa shape index (κ3) is 15.2. The molecule has 11 N–H and O–H groups in total. The van der Waals surface area contributed by atoms with Crippen LogP contribution in [0.5, 0.6) is 0 Å². The Balaban J connectivity index is 0.000000588. The third-order valence-electron chi connectivity index (χ3n) is 4.23. The molecule has 228 valence electrons. The second-order valence-corrected chi connectivity index (χ2v) is 11.6. The second-order valence-electron chi connectivity index (χ2n) is 7.43. The fourth-order valence-electron chi connectivity index (χ4n) is 2.51. The van der Waals surface area contributed by atoms with Gasteiger partial charge < -0.3 is 59.5 Å². The number of carbonyl (C=O) groups is 1. The van der Waals surface area contributed by atoms with Crippen LogP contribution in [0.2, 0.25) is 0 Å². The molecule has 0 amide bonds. The number of aliphatic hydroxyl groups excluding tert-OH is 5. The van der Waals surface area contributed by atoms with E-state index in [4.69, 9.17) is 49.6 Å². The highest BCUT2D eigenvalue weighted by Gasteiger charge is 2.38. The third-order valence-corrected chi connectivity index (χ3v) is 7.58. The predicted molar refractivity (Wildman–Crippen MR) is 124 cm³/mol. The smallest absolute Gasteiger partial charge is 0.394 e. The van der Waals surface area contributed by atoms with Crippen molar-refractivity contribution in [1.29, 1.82) is 0 Å². The van der Waals surface area contributed by atoms with E-state index in [1.807, 2.05) is 0 Å². The monoisotopic (exact) mass is 634 g/mol. The molecule has 1 aliphatic heterocycles. The van der Waals surface area contributed by atoms with E-state index in [1.165, 1.54) is 10.8 Å². The Morgan fingerprint density at radius 3 is 1.97 bits per heavy atom. The summed E-state index contributed by atoms with van der Waals surface area (Å²) in [5, 5.41) is 44.0. The molecule has 1 aromatic heterocycles. The van der Waals surface area contributed by atoms with Crippen LogP contribution in [0.4, 0.5) is 0 Å². The molecule has 1 fully saturated rings. The van der Waals surface area contributed by atoms with E-state index < -0.39 is 72.0 Å². The first-order valence-electron chi connectivity index (χ1n) is 10.2. The maximum atomic E-state index is 11.6. The van der Waals surface area contributed by atoms with Crippen LogP contribution in [0.25, 0.3) is 0 Å². The molecule has 24 heteroatoms. The van der Waals surface area contributed by atoms with Crippen molar-refractivity contribution in [1.82, 2.24) is 9.55 Å². The molecule has 1 aliphatic rings. The highest BCUT2D eigenvalue weighted by atomic mass is 31.3. The van der Waals surface area contributed by atoms with Gasteiger partial charge in [0.25, 0.3) is 5.56 Å². The molecule has 0 radical (unpaired) electrons. The molecular formula is C15H29N2O19P3. The van der Waals surface area contributed by atoms with Crippen molar-refractivity contribution >= 4 is 29.8 Å². The molecule has 39 heavy (non-hydrogen) atoms. The van der Waals surface area contributed by atoms with Gasteiger partial charge in [0.15, 0.2) is 0 Å². The van der Waals surface area contributed by atoms with Crippen molar-refractivity contribution in [3.8, 4) is 0 Å². The number of aromatic amines is 1. The zero-order chi connectivity index (χ0) is 30.8. The number of phosphoric acid groups is 3. The molecule has 0 aliphatic carbocycles. The number of aryl methyl sites for hydroxylation is 1. The van der Waals surface area contributed by atoms with Gasteiger partial charge in [-0.15, -0.1) is 0 Å². The van der Waals surface area contributed by atoms with Gasteiger partial charge in [0, 0.05) is 24.6 Å². The van der Waals surface area contributed by atoms with Gasteiger partial charge in [-0.1, -0.05) is 0 Å². The maximum Gasteiger partial charge on any atom is 0.490 e. The Kier molecular flexibility index (Phi) is 15.5. The van der Waals surface area contributed by atoms with E-state index in [-0.39, 0.29) is 19.4 Å². The van der Waals surface area contributed by atoms with Gasteiger partial charge in [0.05, 0.1) is 25.4 Å². The predicted octanol–water partition coefficient (Wildman–Crippen LogP) is -3.92. The lowest BCUT2D eigenvalue weighted by Crippen LogP contribution is -2.33. The summed E-state index contributed by atoms with van der Waals surface area (Å²) in [4.78, 5) is 74.8. The Morgan fingerprint density at radius 1 is 1.08 bits per heavy atom. The number of hydrogen-bond donors (Lipinski definition) is 11. The Bertz CT molecular complexity index is 1150. The number of hydrogen-bond acceptors (Lipinski definition) is 14. The van der Waals surface area contributed by atoms with Crippen LogP contribution in [0.1, 0.15) is 24.6 Å². The van der Waals surface area contributed by atoms with Crippen molar-refractivity contribution in [3.63, 3.8) is 0 Å². The van der Waals surface area contributed by atoms with Crippen LogP contribution in [-0.2, 0) is 31.8 Å². The Morgan fingerprint density at radius 2 is 1.59 bits per heavy atom. The molecule has 0 aromatic carbocycles. The lowest BCUT2D eigenvalue weighted by atomic mass is 10.2. The molecule has 0 spiro atoms. The average molecular weight is 634 g/mol. The van der Waals surface area contributed by atoms with E-state index in [0.717, 1.165) is 0 Å². The van der Waals surface area contributed by atoms with Crippen LogP contribution in [0.15, 0.2) is 15.8 Å². The van der Waals surface area contributed by atoms with Crippen molar-refractivity contribution < 1.29 is 81.8 Å². The van der Waals surface area contributed by atoms with Gasteiger partial charge in [0.2, 0.25) is 0 Å². The number of rotatable bonds is 10. The normalized spacial score (nSPS) is 21.2. The topological polar surface area (TPSA) is 353 Å². The summed E-state index contributed by atoms with van der Waals surface area (Å²) in [6, 6.07) is 0. The lowest BCUT2D eigenvalue weighted by molar-refractivity contribution is -0.111. The fraction of sp³-hybridized carbons (Fsp3) is 0.667. The summed E-state index contributed by atoms with van der Waals surface area (Å²) < 4.78 is 42.9. The van der Waals surface area contributed by atoms with Gasteiger partial charge in [-0.05, 0) is 6.92 Å². The SMILES string of the molecule is Cc1cn([C@H]2C[C@H](O)[C@@H](CO)O2)c(=O)[nH]c1=O.O=CCC(O)C(O)CO.O=P(O)(O)OP(=O)(O)OP(=O)(O)O.